The lowest BCUT2D eigenvalue weighted by molar-refractivity contribution is 0.810. The van der Waals surface area contributed by atoms with Crippen LogP contribution in [0.3, 0.4) is 0 Å². The maximum Gasteiger partial charge on any atom is 0.0389 e. The Hall–Kier alpha value is -2.35. The zero-order valence-electron chi connectivity index (χ0n) is 15.8. The van der Waals surface area contributed by atoms with Gasteiger partial charge in [0.15, 0.2) is 0 Å². The average molecular weight is 332 g/mol. The lowest BCUT2D eigenvalue weighted by Gasteiger charge is -2.20. The highest BCUT2D eigenvalue weighted by atomic mass is 15.1. The zero-order valence-corrected chi connectivity index (χ0v) is 15.8. The number of allylic oxidation sites excluding steroid dienone is 1. The van der Waals surface area contributed by atoms with Crippen LogP contribution in [0.5, 0.6) is 0 Å². The minimum atomic E-state index is 0.333. The van der Waals surface area contributed by atoms with Crippen LogP contribution in [0.2, 0.25) is 0 Å². The molecule has 0 aromatic heterocycles. The smallest absolute Gasteiger partial charge is 0.0389 e. The van der Waals surface area contributed by atoms with Crippen molar-refractivity contribution in [3.8, 4) is 0 Å². The van der Waals surface area contributed by atoms with E-state index in [0.29, 0.717) is 5.92 Å². The second-order valence-electron chi connectivity index (χ2n) is 7.05. The van der Waals surface area contributed by atoms with Crippen LogP contribution in [0, 0.1) is 0 Å². The third-order valence-corrected chi connectivity index (χ3v) is 4.91. The first kappa shape index (κ1) is 17.5. The summed E-state index contributed by atoms with van der Waals surface area (Å²) in [6.45, 7) is 5.35. The molecule has 0 saturated heterocycles. The molecule has 1 aliphatic rings. The Bertz CT molecular complexity index is 799. The summed E-state index contributed by atoms with van der Waals surface area (Å²) >= 11 is 0. The van der Waals surface area contributed by atoms with E-state index < -0.39 is 0 Å². The maximum atomic E-state index is 4.68. The molecular weight excluding hydrogens is 304 g/mol. The molecule has 2 aromatic rings. The summed E-state index contributed by atoms with van der Waals surface area (Å²) in [6, 6.07) is 15.5. The van der Waals surface area contributed by atoms with Gasteiger partial charge in [-0.1, -0.05) is 55.3 Å². The van der Waals surface area contributed by atoms with Gasteiger partial charge in [0.05, 0.1) is 0 Å². The van der Waals surface area contributed by atoms with Crippen molar-refractivity contribution in [1.82, 2.24) is 0 Å². The minimum absolute atomic E-state index is 0.333. The van der Waals surface area contributed by atoms with Crippen molar-refractivity contribution in [2.75, 3.05) is 25.5 Å². The highest BCUT2D eigenvalue weighted by Crippen LogP contribution is 2.42. The molecule has 1 aliphatic carbocycles. The Labute approximate surface area is 151 Å². The van der Waals surface area contributed by atoms with Gasteiger partial charge in [-0.05, 0) is 47.7 Å². The molecule has 25 heavy (non-hydrogen) atoms. The van der Waals surface area contributed by atoms with Crippen LogP contribution in [0.25, 0.3) is 6.08 Å². The second kappa shape index (κ2) is 7.69. The van der Waals surface area contributed by atoms with E-state index in [4.69, 9.17) is 0 Å². The summed E-state index contributed by atoms with van der Waals surface area (Å²) in [5.74, 6) is 0.333. The van der Waals surface area contributed by atoms with Gasteiger partial charge in [-0.2, -0.15) is 0 Å². The summed E-state index contributed by atoms with van der Waals surface area (Å²) in [4.78, 5) is 6.83. The van der Waals surface area contributed by atoms with E-state index >= 15 is 0 Å². The van der Waals surface area contributed by atoms with Crippen LogP contribution >= 0.6 is 0 Å². The van der Waals surface area contributed by atoms with Gasteiger partial charge in [-0.15, -0.1) is 0 Å². The summed E-state index contributed by atoms with van der Waals surface area (Å²) in [5.41, 5.74) is 7.95. The Morgan fingerprint density at radius 1 is 1.08 bits per heavy atom. The normalized spacial score (nSPS) is 16.2. The van der Waals surface area contributed by atoms with Crippen LogP contribution in [-0.2, 0) is 0 Å². The molecule has 0 fully saturated rings. The zero-order chi connectivity index (χ0) is 17.8. The lowest BCUT2D eigenvalue weighted by atomic mass is 9.86. The first-order chi connectivity index (χ1) is 12.1. The molecule has 0 heterocycles. The molecule has 3 rings (SSSR count). The van der Waals surface area contributed by atoms with Crippen LogP contribution in [0.1, 0.15) is 54.9 Å². The van der Waals surface area contributed by atoms with E-state index in [2.05, 4.69) is 92.6 Å². The van der Waals surface area contributed by atoms with Crippen molar-refractivity contribution in [3.63, 3.8) is 0 Å². The predicted molar refractivity (Wildman–Crippen MR) is 110 cm³/mol. The first-order valence-corrected chi connectivity index (χ1v) is 9.20. The minimum Gasteiger partial charge on any atom is -0.378 e. The summed E-state index contributed by atoms with van der Waals surface area (Å²) in [5, 5.41) is 0. The summed E-state index contributed by atoms with van der Waals surface area (Å²) < 4.78 is 0. The van der Waals surface area contributed by atoms with Gasteiger partial charge in [0, 0.05) is 38.5 Å². The molecule has 2 nitrogen and oxygen atoms in total. The topological polar surface area (TPSA) is 15.6 Å². The molecule has 130 valence electrons. The molecule has 1 atom stereocenters. The number of anilines is 1. The van der Waals surface area contributed by atoms with Gasteiger partial charge in [0.2, 0.25) is 0 Å². The van der Waals surface area contributed by atoms with E-state index in [1.165, 1.54) is 39.9 Å². The number of unbranched alkanes of at least 4 members (excludes halogenated alkanes) is 1. The number of benzene rings is 2. The molecule has 1 unspecified atom stereocenters. The first-order valence-electron chi connectivity index (χ1n) is 9.20. The van der Waals surface area contributed by atoms with E-state index in [-0.39, 0.29) is 0 Å². The summed E-state index contributed by atoms with van der Waals surface area (Å²) in [7, 11) is 4.17. The van der Waals surface area contributed by atoms with Gasteiger partial charge < -0.3 is 4.90 Å². The molecule has 0 bridgehead atoms. The van der Waals surface area contributed by atoms with Gasteiger partial charge in [-0.3, -0.25) is 4.99 Å². The number of rotatable bonds is 6. The number of hydrogen-bond acceptors (Lipinski definition) is 2. The fourth-order valence-corrected chi connectivity index (χ4v) is 3.52. The molecule has 0 radical (unpaired) electrons. The summed E-state index contributed by atoms with van der Waals surface area (Å²) in [6.07, 6.45) is 6.72. The van der Waals surface area contributed by atoms with Gasteiger partial charge in [0.25, 0.3) is 0 Å². The van der Waals surface area contributed by atoms with Crippen molar-refractivity contribution in [2.24, 2.45) is 4.99 Å². The molecule has 0 spiro atoms. The van der Waals surface area contributed by atoms with E-state index in [0.717, 1.165) is 13.0 Å². The van der Waals surface area contributed by atoms with Gasteiger partial charge in [-0.25, -0.2) is 0 Å². The van der Waals surface area contributed by atoms with Crippen LogP contribution in [0.15, 0.2) is 53.0 Å². The van der Waals surface area contributed by atoms with Crippen molar-refractivity contribution < 1.29 is 0 Å². The molecule has 0 amide bonds. The third-order valence-electron chi connectivity index (χ3n) is 4.91. The van der Waals surface area contributed by atoms with Crippen LogP contribution in [-0.4, -0.2) is 26.9 Å². The van der Waals surface area contributed by atoms with E-state index in [1.807, 2.05) is 0 Å². The van der Waals surface area contributed by atoms with Crippen molar-refractivity contribution in [1.29, 1.82) is 0 Å². The molecule has 2 heteroatoms. The highest BCUT2D eigenvalue weighted by molar-refractivity contribution is 5.85. The van der Waals surface area contributed by atoms with E-state index in [1.54, 1.807) is 0 Å². The van der Waals surface area contributed by atoms with Gasteiger partial charge in [0.1, 0.15) is 0 Å². The molecule has 2 aromatic carbocycles. The standard InChI is InChI=1S/C23H28N2/c1-5-6-13-24-16-19-15-20(25(3)4)11-12-22(19)23-17(2)14-18-9-7-8-10-21(18)23/h7-12,14-16,23H,5-6,13H2,1-4H3. The average Bonchev–Trinajstić information content (AvgIpc) is 2.94. The van der Waals surface area contributed by atoms with Crippen molar-refractivity contribution >= 4 is 18.0 Å². The fourth-order valence-electron chi connectivity index (χ4n) is 3.52. The number of fused-ring (bicyclic) bond motifs is 1. The highest BCUT2D eigenvalue weighted by Gasteiger charge is 2.25. The fraction of sp³-hybridized carbons (Fsp3) is 0.348. The second-order valence-corrected chi connectivity index (χ2v) is 7.05. The number of hydrogen-bond donors (Lipinski definition) is 0. The Morgan fingerprint density at radius 2 is 1.88 bits per heavy atom. The van der Waals surface area contributed by atoms with Gasteiger partial charge >= 0.3 is 0 Å². The van der Waals surface area contributed by atoms with Crippen LogP contribution in [0.4, 0.5) is 5.69 Å². The largest absolute Gasteiger partial charge is 0.378 e. The third kappa shape index (κ3) is 3.68. The maximum absolute atomic E-state index is 4.68. The molecule has 0 saturated carbocycles. The number of nitrogens with zero attached hydrogens (tertiary/aromatic N) is 2. The Morgan fingerprint density at radius 3 is 2.64 bits per heavy atom. The molecule has 0 aliphatic heterocycles. The Kier molecular flexibility index (Phi) is 5.37. The molecule has 0 N–H and O–H groups in total. The molecular formula is C23H28N2. The quantitative estimate of drug-likeness (QED) is 0.502. The predicted octanol–water partition coefficient (Wildman–Crippen LogP) is 5.52. The van der Waals surface area contributed by atoms with Crippen molar-refractivity contribution in [3.05, 3.63) is 70.3 Å². The lowest BCUT2D eigenvalue weighted by Crippen LogP contribution is -2.11. The SMILES string of the molecule is CCCCN=Cc1cc(N(C)C)ccc1C1C(C)=Cc2ccccc21. The monoisotopic (exact) mass is 332 g/mol. The van der Waals surface area contributed by atoms with Crippen molar-refractivity contribution in [2.45, 2.75) is 32.6 Å². The number of aliphatic imine (C=N–C) groups is 1. The van der Waals surface area contributed by atoms with E-state index in [9.17, 15) is 0 Å². The Balaban J connectivity index is 2.03. The van der Waals surface area contributed by atoms with Crippen LogP contribution < -0.4 is 4.90 Å².